The monoisotopic (exact) mass is 302 g/mol. The molecule has 0 fully saturated rings. The van der Waals surface area contributed by atoms with Crippen LogP contribution in [0.25, 0.3) is 0 Å². The van der Waals surface area contributed by atoms with Crippen LogP contribution in [-0.4, -0.2) is 11.5 Å². The molecule has 0 spiro atoms. The van der Waals surface area contributed by atoms with Crippen LogP contribution in [0.4, 0.5) is 0 Å². The Labute approximate surface area is 132 Å². The predicted molar refractivity (Wildman–Crippen MR) is 92.0 cm³/mol. The van der Waals surface area contributed by atoms with Gasteiger partial charge in [-0.05, 0) is 38.8 Å². The molecule has 0 aliphatic heterocycles. The van der Waals surface area contributed by atoms with Crippen LogP contribution in [0.3, 0.4) is 0 Å². The summed E-state index contributed by atoms with van der Waals surface area (Å²) < 4.78 is 0. The van der Waals surface area contributed by atoms with Crippen molar-refractivity contribution in [2.75, 3.05) is 6.54 Å². The summed E-state index contributed by atoms with van der Waals surface area (Å²) in [4.78, 5) is 6.19. The number of benzene rings is 1. The normalized spacial score (nSPS) is 12.1. The van der Waals surface area contributed by atoms with Gasteiger partial charge in [-0.2, -0.15) is 0 Å². The summed E-state index contributed by atoms with van der Waals surface area (Å²) in [5.74, 6) is 0.679. The average Bonchev–Trinajstić information content (AvgIpc) is 2.82. The van der Waals surface area contributed by atoms with Crippen LogP contribution in [0.1, 0.15) is 48.8 Å². The molecule has 0 saturated carbocycles. The zero-order valence-corrected chi connectivity index (χ0v) is 14.6. The summed E-state index contributed by atoms with van der Waals surface area (Å²) >= 11 is 1.84. The van der Waals surface area contributed by atoms with E-state index in [0.717, 1.165) is 18.8 Å². The van der Waals surface area contributed by atoms with Crippen LogP contribution in [0, 0.1) is 12.8 Å². The van der Waals surface area contributed by atoms with E-state index in [1.807, 2.05) is 11.3 Å². The van der Waals surface area contributed by atoms with Crippen LogP contribution in [0.2, 0.25) is 0 Å². The predicted octanol–water partition coefficient (Wildman–Crippen LogP) is 4.52. The molecule has 114 valence electrons. The summed E-state index contributed by atoms with van der Waals surface area (Å²) in [5.41, 5.74) is 2.45. The molecule has 2 rings (SSSR count). The number of thiazole rings is 1. The molecule has 0 amide bonds. The third-order valence-corrected chi connectivity index (χ3v) is 5.24. The lowest BCUT2D eigenvalue weighted by molar-refractivity contribution is 0.554. The number of aromatic nitrogens is 1. The Kier molecular flexibility index (Phi) is 5.17. The third kappa shape index (κ3) is 3.92. The van der Waals surface area contributed by atoms with Gasteiger partial charge >= 0.3 is 0 Å². The van der Waals surface area contributed by atoms with Crippen molar-refractivity contribution < 1.29 is 0 Å². The van der Waals surface area contributed by atoms with Crippen LogP contribution < -0.4 is 5.32 Å². The highest BCUT2D eigenvalue weighted by molar-refractivity contribution is 7.11. The minimum Gasteiger partial charge on any atom is -0.312 e. The van der Waals surface area contributed by atoms with E-state index in [1.165, 1.54) is 15.4 Å². The van der Waals surface area contributed by atoms with E-state index in [2.05, 4.69) is 70.3 Å². The number of aryl methyl sites for hydroxylation is 1. The zero-order valence-electron chi connectivity index (χ0n) is 13.7. The summed E-state index contributed by atoms with van der Waals surface area (Å²) in [5, 5.41) is 4.72. The maximum atomic E-state index is 4.83. The van der Waals surface area contributed by atoms with Gasteiger partial charge in [-0.1, -0.05) is 44.2 Å². The molecule has 0 aliphatic rings. The molecule has 0 bridgehead atoms. The van der Waals surface area contributed by atoms with Gasteiger partial charge in [-0.15, -0.1) is 11.3 Å². The number of nitrogens with one attached hydrogen (secondary N) is 1. The molecule has 1 aromatic carbocycles. The third-order valence-electron chi connectivity index (χ3n) is 3.76. The highest BCUT2D eigenvalue weighted by Gasteiger charge is 2.27. The maximum Gasteiger partial charge on any atom is 0.103 e. The van der Waals surface area contributed by atoms with Gasteiger partial charge in [0.1, 0.15) is 5.01 Å². The Balaban J connectivity index is 2.17. The standard InChI is InChI=1S/C18H26N2S/c1-13(2)11-19-12-16-14(3)20-17(21-16)18(4,5)15-9-7-6-8-10-15/h6-10,13,19H,11-12H2,1-5H3. The summed E-state index contributed by atoms with van der Waals surface area (Å²) in [6.07, 6.45) is 0. The molecule has 1 heterocycles. The molecule has 0 saturated heterocycles. The van der Waals surface area contributed by atoms with Crippen molar-refractivity contribution in [2.24, 2.45) is 5.92 Å². The number of nitrogens with zero attached hydrogens (tertiary/aromatic N) is 1. The molecule has 0 radical (unpaired) electrons. The fraction of sp³-hybridized carbons (Fsp3) is 0.500. The molecule has 0 unspecified atom stereocenters. The van der Waals surface area contributed by atoms with Crippen LogP contribution >= 0.6 is 11.3 Å². The van der Waals surface area contributed by atoms with Gasteiger partial charge in [0.25, 0.3) is 0 Å². The minimum atomic E-state index is -0.0347. The van der Waals surface area contributed by atoms with E-state index in [4.69, 9.17) is 4.98 Å². The highest BCUT2D eigenvalue weighted by atomic mass is 32.1. The van der Waals surface area contributed by atoms with Gasteiger partial charge in [0.15, 0.2) is 0 Å². The highest BCUT2D eigenvalue weighted by Crippen LogP contribution is 2.35. The quantitative estimate of drug-likeness (QED) is 0.848. The largest absolute Gasteiger partial charge is 0.312 e. The van der Waals surface area contributed by atoms with E-state index < -0.39 is 0 Å². The topological polar surface area (TPSA) is 24.9 Å². The molecule has 2 nitrogen and oxygen atoms in total. The summed E-state index contributed by atoms with van der Waals surface area (Å²) in [7, 11) is 0. The van der Waals surface area contributed by atoms with Crippen molar-refractivity contribution in [3.8, 4) is 0 Å². The first kappa shape index (κ1) is 16.2. The molecule has 0 aliphatic carbocycles. The lowest BCUT2D eigenvalue weighted by Crippen LogP contribution is -2.19. The van der Waals surface area contributed by atoms with Crippen molar-refractivity contribution in [1.29, 1.82) is 0 Å². The first-order valence-corrected chi connectivity index (χ1v) is 8.46. The number of hydrogen-bond donors (Lipinski definition) is 1. The first-order valence-electron chi connectivity index (χ1n) is 7.64. The SMILES string of the molecule is Cc1nc(C(C)(C)c2ccccc2)sc1CNCC(C)C. The van der Waals surface area contributed by atoms with Crippen LogP contribution in [0.15, 0.2) is 30.3 Å². The Morgan fingerprint density at radius 2 is 1.86 bits per heavy atom. The van der Waals surface area contributed by atoms with Crippen molar-refractivity contribution >= 4 is 11.3 Å². The van der Waals surface area contributed by atoms with E-state index in [9.17, 15) is 0 Å². The fourth-order valence-electron chi connectivity index (χ4n) is 2.31. The van der Waals surface area contributed by atoms with Crippen molar-refractivity contribution in [3.63, 3.8) is 0 Å². The van der Waals surface area contributed by atoms with Crippen LogP contribution in [0.5, 0.6) is 0 Å². The fourth-order valence-corrected chi connectivity index (χ4v) is 3.47. The van der Waals surface area contributed by atoms with Crippen molar-refractivity contribution in [2.45, 2.75) is 46.6 Å². The zero-order chi connectivity index (χ0) is 15.5. The van der Waals surface area contributed by atoms with E-state index in [1.54, 1.807) is 0 Å². The van der Waals surface area contributed by atoms with Gasteiger partial charge < -0.3 is 5.32 Å². The lowest BCUT2D eigenvalue weighted by Gasteiger charge is -2.22. The second-order valence-corrected chi connectivity index (χ2v) is 7.63. The van der Waals surface area contributed by atoms with Gasteiger partial charge in [0.05, 0.1) is 5.69 Å². The van der Waals surface area contributed by atoms with Crippen LogP contribution in [-0.2, 0) is 12.0 Å². The second kappa shape index (κ2) is 6.71. The average molecular weight is 302 g/mol. The Hall–Kier alpha value is -1.19. The molecule has 21 heavy (non-hydrogen) atoms. The Bertz CT molecular complexity index is 570. The Morgan fingerprint density at radius 1 is 1.19 bits per heavy atom. The molecular weight excluding hydrogens is 276 g/mol. The number of rotatable bonds is 6. The Morgan fingerprint density at radius 3 is 2.48 bits per heavy atom. The lowest BCUT2D eigenvalue weighted by atomic mass is 9.85. The second-order valence-electron chi connectivity index (χ2n) is 6.54. The molecule has 3 heteroatoms. The molecule has 1 N–H and O–H groups in total. The molecule has 0 atom stereocenters. The minimum absolute atomic E-state index is 0.0347. The summed E-state index contributed by atoms with van der Waals surface area (Å²) in [6, 6.07) is 10.6. The smallest absolute Gasteiger partial charge is 0.103 e. The first-order chi connectivity index (χ1) is 9.91. The number of hydrogen-bond acceptors (Lipinski definition) is 3. The summed E-state index contributed by atoms with van der Waals surface area (Å²) in [6.45, 7) is 13.1. The van der Waals surface area contributed by atoms with Gasteiger partial charge in [-0.3, -0.25) is 0 Å². The maximum absolute atomic E-state index is 4.83. The van der Waals surface area contributed by atoms with Gasteiger partial charge in [0.2, 0.25) is 0 Å². The van der Waals surface area contributed by atoms with E-state index >= 15 is 0 Å². The molecule has 2 aromatic rings. The molecular formula is C18H26N2S. The van der Waals surface area contributed by atoms with E-state index in [0.29, 0.717) is 5.92 Å². The van der Waals surface area contributed by atoms with Gasteiger partial charge in [-0.25, -0.2) is 4.98 Å². The van der Waals surface area contributed by atoms with Crippen molar-refractivity contribution in [1.82, 2.24) is 10.3 Å². The van der Waals surface area contributed by atoms with Gasteiger partial charge in [0, 0.05) is 16.8 Å². The van der Waals surface area contributed by atoms with E-state index in [-0.39, 0.29) is 5.41 Å². The molecule has 1 aromatic heterocycles. The van der Waals surface area contributed by atoms with Crippen molar-refractivity contribution in [3.05, 3.63) is 51.5 Å².